The maximum atomic E-state index is 13.8. The number of ether oxygens (including phenoxy) is 1. The number of halogens is 4. The highest BCUT2D eigenvalue weighted by atomic mass is 19.4. The Kier molecular flexibility index (Phi) is 6.62. The van der Waals surface area contributed by atoms with Crippen LogP contribution < -0.4 is 15.8 Å². The molecule has 0 bridgehead atoms. The molecule has 0 saturated heterocycles. The number of nitrogens with zero attached hydrogens (tertiary/aromatic N) is 2. The molecule has 0 spiro atoms. The smallest absolute Gasteiger partial charge is 0.406 e. The fourth-order valence-electron chi connectivity index (χ4n) is 2.29. The molecule has 0 aliphatic carbocycles. The minimum atomic E-state index is -4.74. The number of aliphatic imine (C=N–C) groups is 1. The van der Waals surface area contributed by atoms with Crippen LogP contribution in [0.1, 0.15) is 11.1 Å². The number of alkyl halides is 3. The average Bonchev–Trinajstić information content (AvgIpc) is 2.55. The molecule has 9 heteroatoms. The van der Waals surface area contributed by atoms with Gasteiger partial charge in [-0.05, 0) is 56.1 Å². The van der Waals surface area contributed by atoms with E-state index in [2.05, 4.69) is 15.0 Å². The summed E-state index contributed by atoms with van der Waals surface area (Å²) in [4.78, 5) is 6.01. The molecule has 0 saturated carbocycles. The van der Waals surface area contributed by atoms with Crippen molar-refractivity contribution in [2.24, 2.45) is 10.7 Å². The molecular weight excluding hydrogens is 364 g/mol. The summed E-state index contributed by atoms with van der Waals surface area (Å²) in [7, 11) is 3.69. The maximum absolute atomic E-state index is 13.8. The molecule has 0 amide bonds. The van der Waals surface area contributed by atoms with Crippen molar-refractivity contribution in [1.82, 2.24) is 4.90 Å². The van der Waals surface area contributed by atoms with Crippen molar-refractivity contribution < 1.29 is 22.3 Å². The summed E-state index contributed by atoms with van der Waals surface area (Å²) >= 11 is 0. The molecule has 0 aromatic heterocycles. The van der Waals surface area contributed by atoms with Crippen molar-refractivity contribution in [2.75, 3.05) is 19.4 Å². The number of guanidine groups is 1. The summed E-state index contributed by atoms with van der Waals surface area (Å²) in [6, 6.07) is 9.82. The van der Waals surface area contributed by atoms with Crippen LogP contribution in [0.5, 0.6) is 5.75 Å². The zero-order chi connectivity index (χ0) is 20.0. The van der Waals surface area contributed by atoms with Gasteiger partial charge >= 0.3 is 6.36 Å². The second-order valence-electron chi connectivity index (χ2n) is 6.06. The number of hydrogen-bond donors (Lipinski definition) is 2. The van der Waals surface area contributed by atoms with E-state index in [9.17, 15) is 17.6 Å². The summed E-state index contributed by atoms with van der Waals surface area (Å²) in [5.41, 5.74) is 7.58. The second-order valence-corrected chi connectivity index (χ2v) is 6.06. The minimum Gasteiger partial charge on any atom is -0.406 e. The predicted octanol–water partition coefficient (Wildman–Crippen LogP) is 3.71. The molecule has 5 nitrogen and oxygen atoms in total. The first-order chi connectivity index (χ1) is 12.6. The van der Waals surface area contributed by atoms with Crippen LogP contribution in [0.2, 0.25) is 0 Å². The maximum Gasteiger partial charge on any atom is 0.573 e. The molecule has 146 valence electrons. The van der Waals surface area contributed by atoms with E-state index in [1.165, 1.54) is 18.2 Å². The van der Waals surface area contributed by atoms with Crippen LogP contribution in [0.3, 0.4) is 0 Å². The molecule has 0 radical (unpaired) electrons. The molecular formula is C18H20F4N4O. The van der Waals surface area contributed by atoms with Crippen molar-refractivity contribution in [3.05, 3.63) is 59.4 Å². The first kappa shape index (κ1) is 20.5. The van der Waals surface area contributed by atoms with Crippen LogP contribution in [0.4, 0.5) is 23.2 Å². The van der Waals surface area contributed by atoms with Crippen LogP contribution in [-0.2, 0) is 13.1 Å². The summed E-state index contributed by atoms with van der Waals surface area (Å²) in [6.07, 6.45) is -4.74. The van der Waals surface area contributed by atoms with Gasteiger partial charge in [-0.15, -0.1) is 13.2 Å². The standard InChI is InChI=1S/C18H20F4N4O/c1-26(2)11-13-9-12(3-8-16(13)19)10-24-17(23)25-14-4-6-15(7-5-14)27-18(20,21)22/h3-9H,10-11H2,1-2H3,(H3,23,24,25). The van der Waals surface area contributed by atoms with Crippen LogP contribution in [-0.4, -0.2) is 31.3 Å². The van der Waals surface area contributed by atoms with Gasteiger partial charge < -0.3 is 20.7 Å². The Labute approximate surface area is 154 Å². The number of rotatable bonds is 6. The molecule has 2 rings (SSSR count). The third-order valence-corrected chi connectivity index (χ3v) is 3.39. The molecule has 0 heterocycles. The Bertz CT molecular complexity index is 789. The molecule has 2 aromatic carbocycles. The van der Waals surface area contributed by atoms with E-state index in [1.807, 2.05) is 19.0 Å². The topological polar surface area (TPSA) is 62.9 Å². The molecule has 0 aliphatic rings. The molecule has 2 aromatic rings. The van der Waals surface area contributed by atoms with Crippen molar-refractivity contribution in [2.45, 2.75) is 19.5 Å². The van der Waals surface area contributed by atoms with Gasteiger partial charge in [0.2, 0.25) is 0 Å². The van der Waals surface area contributed by atoms with Gasteiger partial charge in [-0.2, -0.15) is 0 Å². The molecule has 0 aliphatic heterocycles. The Hall–Kier alpha value is -2.81. The lowest BCUT2D eigenvalue weighted by atomic mass is 10.1. The highest BCUT2D eigenvalue weighted by molar-refractivity contribution is 5.92. The van der Waals surface area contributed by atoms with Gasteiger partial charge in [0.05, 0.1) is 6.54 Å². The lowest BCUT2D eigenvalue weighted by Gasteiger charge is -2.12. The van der Waals surface area contributed by atoms with Crippen molar-refractivity contribution >= 4 is 11.6 Å². The van der Waals surface area contributed by atoms with Crippen molar-refractivity contribution in [1.29, 1.82) is 0 Å². The summed E-state index contributed by atoms with van der Waals surface area (Å²) in [5, 5.41) is 2.77. The van der Waals surface area contributed by atoms with Crippen LogP contribution in [0, 0.1) is 5.82 Å². The normalized spacial score (nSPS) is 12.3. The lowest BCUT2D eigenvalue weighted by Crippen LogP contribution is -2.22. The van der Waals surface area contributed by atoms with Gasteiger partial charge in [0.25, 0.3) is 0 Å². The quantitative estimate of drug-likeness (QED) is 0.453. The minimum absolute atomic E-state index is 0.0815. The molecule has 0 unspecified atom stereocenters. The SMILES string of the molecule is CN(C)Cc1cc(CN=C(N)Nc2ccc(OC(F)(F)F)cc2)ccc1F. The van der Waals surface area contributed by atoms with Crippen molar-refractivity contribution in [3.63, 3.8) is 0 Å². The number of benzene rings is 2. The lowest BCUT2D eigenvalue weighted by molar-refractivity contribution is -0.274. The third kappa shape index (κ3) is 7.14. The molecule has 0 atom stereocenters. The van der Waals surface area contributed by atoms with E-state index in [0.29, 0.717) is 17.8 Å². The highest BCUT2D eigenvalue weighted by Crippen LogP contribution is 2.23. The number of nitrogens with two attached hydrogens (primary N) is 1. The predicted molar refractivity (Wildman–Crippen MR) is 95.9 cm³/mol. The Balaban J connectivity index is 1.98. The highest BCUT2D eigenvalue weighted by Gasteiger charge is 2.30. The Morgan fingerprint density at radius 2 is 1.81 bits per heavy atom. The van der Waals surface area contributed by atoms with Gasteiger partial charge in [-0.25, -0.2) is 9.38 Å². The summed E-state index contributed by atoms with van der Waals surface area (Å²) in [5.74, 6) is -0.537. The monoisotopic (exact) mass is 384 g/mol. The first-order valence-electron chi connectivity index (χ1n) is 7.97. The van der Waals surface area contributed by atoms with E-state index in [4.69, 9.17) is 5.73 Å². The third-order valence-electron chi connectivity index (χ3n) is 3.39. The second kappa shape index (κ2) is 8.72. The fraction of sp³-hybridized carbons (Fsp3) is 0.278. The van der Waals surface area contributed by atoms with Crippen LogP contribution in [0.15, 0.2) is 47.5 Å². The Morgan fingerprint density at radius 3 is 2.41 bits per heavy atom. The van der Waals surface area contributed by atoms with Gasteiger partial charge in [-0.1, -0.05) is 6.07 Å². The van der Waals surface area contributed by atoms with Crippen LogP contribution >= 0.6 is 0 Å². The largest absolute Gasteiger partial charge is 0.573 e. The number of hydrogen-bond acceptors (Lipinski definition) is 3. The van der Waals surface area contributed by atoms with Gasteiger partial charge in [0, 0.05) is 17.8 Å². The summed E-state index contributed by atoms with van der Waals surface area (Å²) in [6.45, 7) is 0.693. The van der Waals surface area contributed by atoms with E-state index >= 15 is 0 Å². The average molecular weight is 384 g/mol. The number of nitrogens with one attached hydrogen (secondary N) is 1. The zero-order valence-corrected chi connectivity index (χ0v) is 14.8. The van der Waals surface area contributed by atoms with E-state index in [-0.39, 0.29) is 24.1 Å². The molecule has 0 fully saturated rings. The molecule has 3 N–H and O–H groups in total. The van der Waals surface area contributed by atoms with Gasteiger partial charge in [-0.3, -0.25) is 0 Å². The van der Waals surface area contributed by atoms with Crippen molar-refractivity contribution in [3.8, 4) is 5.75 Å². The first-order valence-corrected chi connectivity index (χ1v) is 7.97. The van der Waals surface area contributed by atoms with E-state index < -0.39 is 6.36 Å². The van der Waals surface area contributed by atoms with Crippen LogP contribution in [0.25, 0.3) is 0 Å². The summed E-state index contributed by atoms with van der Waals surface area (Å²) < 4.78 is 54.0. The molecule has 27 heavy (non-hydrogen) atoms. The number of anilines is 1. The fourth-order valence-corrected chi connectivity index (χ4v) is 2.29. The van der Waals surface area contributed by atoms with Gasteiger partial charge in [0.15, 0.2) is 5.96 Å². The Morgan fingerprint density at radius 1 is 1.15 bits per heavy atom. The van der Waals surface area contributed by atoms with E-state index in [0.717, 1.165) is 17.7 Å². The zero-order valence-electron chi connectivity index (χ0n) is 14.8. The van der Waals surface area contributed by atoms with Gasteiger partial charge in [0.1, 0.15) is 11.6 Å². The van der Waals surface area contributed by atoms with E-state index in [1.54, 1.807) is 12.1 Å².